The first kappa shape index (κ1) is 15.1. The lowest BCUT2D eigenvalue weighted by Gasteiger charge is -2.17. The molecule has 0 fully saturated rings. The lowest BCUT2D eigenvalue weighted by Crippen LogP contribution is -2.30. The molecule has 6 heteroatoms. The van der Waals surface area contributed by atoms with Gasteiger partial charge in [0.05, 0.1) is 11.3 Å². The molecule has 0 saturated carbocycles. The zero-order valence-electron chi connectivity index (χ0n) is 13.6. The molecule has 0 N–H and O–H groups in total. The largest absolute Gasteiger partial charge is 0.466 e. The molecule has 0 atom stereocenters. The molecule has 3 heterocycles. The number of rotatable bonds is 3. The molecule has 122 valence electrons. The number of fused-ring (bicyclic) bond motifs is 3. The van der Waals surface area contributed by atoms with Crippen LogP contribution in [0, 0.1) is 6.92 Å². The Morgan fingerprint density at radius 2 is 2.29 bits per heavy atom. The van der Waals surface area contributed by atoms with Gasteiger partial charge in [-0.15, -0.1) is 11.3 Å². The highest BCUT2D eigenvalue weighted by molar-refractivity contribution is 7.16. The molecular formula is C18H17N3O2S. The van der Waals surface area contributed by atoms with E-state index in [-0.39, 0.29) is 5.91 Å². The molecule has 0 aliphatic heterocycles. The molecule has 0 bridgehead atoms. The van der Waals surface area contributed by atoms with Gasteiger partial charge in [0, 0.05) is 35.8 Å². The third-order valence-corrected chi connectivity index (χ3v) is 5.29. The zero-order chi connectivity index (χ0) is 16.7. The van der Waals surface area contributed by atoms with Crippen LogP contribution in [0.25, 0.3) is 11.3 Å². The van der Waals surface area contributed by atoms with Crippen molar-refractivity contribution in [1.29, 1.82) is 0 Å². The first-order valence-corrected chi connectivity index (χ1v) is 8.80. The molecule has 1 amide bonds. The number of aryl methyl sites for hydroxylation is 3. The van der Waals surface area contributed by atoms with Gasteiger partial charge < -0.3 is 4.42 Å². The van der Waals surface area contributed by atoms with Gasteiger partial charge in [-0.1, -0.05) is 0 Å². The molecule has 0 unspecified atom stereocenters. The molecule has 3 aromatic heterocycles. The van der Waals surface area contributed by atoms with Crippen molar-refractivity contribution in [2.75, 3.05) is 11.4 Å². The monoisotopic (exact) mass is 339 g/mol. The Morgan fingerprint density at radius 3 is 3.04 bits per heavy atom. The SMILES string of the molecule is CCN(C(=O)c1cccnc1)c1nc2c(s1)CCc1oc(C)cc1-2. The van der Waals surface area contributed by atoms with E-state index in [0.29, 0.717) is 12.1 Å². The summed E-state index contributed by atoms with van der Waals surface area (Å²) in [7, 11) is 0. The second-order valence-corrected chi connectivity index (χ2v) is 6.82. The Balaban J connectivity index is 1.72. The van der Waals surface area contributed by atoms with Crippen molar-refractivity contribution in [2.45, 2.75) is 26.7 Å². The fourth-order valence-corrected chi connectivity index (χ4v) is 4.16. The van der Waals surface area contributed by atoms with E-state index in [0.717, 1.165) is 40.8 Å². The lowest BCUT2D eigenvalue weighted by atomic mass is 10.0. The van der Waals surface area contributed by atoms with E-state index in [1.54, 1.807) is 40.8 Å². The number of nitrogens with zero attached hydrogens (tertiary/aromatic N) is 3. The minimum absolute atomic E-state index is 0.0692. The molecule has 4 rings (SSSR count). The number of hydrogen-bond donors (Lipinski definition) is 0. The maximum absolute atomic E-state index is 12.8. The lowest BCUT2D eigenvalue weighted by molar-refractivity contribution is 0.0988. The van der Waals surface area contributed by atoms with Crippen LogP contribution < -0.4 is 4.90 Å². The van der Waals surface area contributed by atoms with Crippen LogP contribution in [0.4, 0.5) is 5.13 Å². The second kappa shape index (κ2) is 5.87. The standard InChI is InChI=1S/C18H17N3O2S/c1-3-21(17(22)12-5-4-8-19-10-12)18-20-16-13-9-11(2)23-14(13)6-7-15(16)24-18/h4-5,8-10H,3,6-7H2,1-2H3. The van der Waals surface area contributed by atoms with Crippen molar-refractivity contribution in [3.63, 3.8) is 0 Å². The number of hydrogen-bond acceptors (Lipinski definition) is 5. The minimum atomic E-state index is -0.0692. The normalized spacial score (nSPS) is 12.6. The van der Waals surface area contributed by atoms with Crippen LogP contribution in [-0.2, 0) is 12.8 Å². The van der Waals surface area contributed by atoms with Gasteiger partial charge in [0.1, 0.15) is 11.5 Å². The first-order valence-electron chi connectivity index (χ1n) is 7.98. The Kier molecular flexibility index (Phi) is 3.69. The number of thiazole rings is 1. The molecule has 0 radical (unpaired) electrons. The van der Waals surface area contributed by atoms with Crippen LogP contribution in [0.1, 0.15) is 33.7 Å². The molecule has 5 nitrogen and oxygen atoms in total. The number of amides is 1. The van der Waals surface area contributed by atoms with Gasteiger partial charge in [-0.2, -0.15) is 0 Å². The second-order valence-electron chi connectivity index (χ2n) is 5.75. The van der Waals surface area contributed by atoms with Gasteiger partial charge in [-0.25, -0.2) is 4.98 Å². The molecule has 1 aliphatic carbocycles. The number of furan rings is 1. The highest BCUT2D eigenvalue weighted by atomic mass is 32.1. The van der Waals surface area contributed by atoms with Crippen molar-refractivity contribution in [3.05, 3.63) is 52.6 Å². The molecular weight excluding hydrogens is 322 g/mol. The van der Waals surface area contributed by atoms with E-state index in [9.17, 15) is 4.79 Å². The van der Waals surface area contributed by atoms with Gasteiger partial charge in [-0.3, -0.25) is 14.7 Å². The van der Waals surface area contributed by atoms with Crippen LogP contribution in [0.2, 0.25) is 0 Å². The Bertz CT molecular complexity index is 898. The van der Waals surface area contributed by atoms with E-state index >= 15 is 0 Å². The Morgan fingerprint density at radius 1 is 1.42 bits per heavy atom. The molecule has 3 aromatic rings. The van der Waals surface area contributed by atoms with Crippen LogP contribution >= 0.6 is 11.3 Å². The summed E-state index contributed by atoms with van der Waals surface area (Å²) in [6.07, 6.45) is 5.06. The van der Waals surface area contributed by atoms with Crippen LogP contribution in [0.5, 0.6) is 0 Å². The maximum atomic E-state index is 12.8. The summed E-state index contributed by atoms with van der Waals surface area (Å²) in [5, 5.41) is 0.739. The highest BCUT2D eigenvalue weighted by Crippen LogP contribution is 2.40. The highest BCUT2D eigenvalue weighted by Gasteiger charge is 2.27. The van der Waals surface area contributed by atoms with Gasteiger partial charge in [-0.05, 0) is 38.5 Å². The molecule has 0 aromatic carbocycles. The van der Waals surface area contributed by atoms with Crippen molar-refractivity contribution in [3.8, 4) is 11.3 Å². The average molecular weight is 339 g/mol. The number of carbonyl (C=O) groups excluding carboxylic acids is 1. The van der Waals surface area contributed by atoms with Gasteiger partial charge >= 0.3 is 0 Å². The van der Waals surface area contributed by atoms with Crippen molar-refractivity contribution < 1.29 is 9.21 Å². The third kappa shape index (κ3) is 2.43. The number of aromatic nitrogens is 2. The van der Waals surface area contributed by atoms with Crippen molar-refractivity contribution >= 4 is 22.4 Å². The Hall–Kier alpha value is -2.47. The predicted molar refractivity (Wildman–Crippen MR) is 93.5 cm³/mol. The van der Waals surface area contributed by atoms with Crippen LogP contribution in [-0.4, -0.2) is 22.4 Å². The summed E-state index contributed by atoms with van der Waals surface area (Å²) < 4.78 is 5.75. The summed E-state index contributed by atoms with van der Waals surface area (Å²) in [6.45, 7) is 4.48. The van der Waals surface area contributed by atoms with E-state index in [2.05, 4.69) is 4.98 Å². The quantitative estimate of drug-likeness (QED) is 0.727. The smallest absolute Gasteiger partial charge is 0.261 e. The van der Waals surface area contributed by atoms with E-state index in [4.69, 9.17) is 9.40 Å². The van der Waals surface area contributed by atoms with Gasteiger partial charge in [0.25, 0.3) is 5.91 Å². The maximum Gasteiger partial charge on any atom is 0.261 e. The summed E-state index contributed by atoms with van der Waals surface area (Å²) in [5.74, 6) is 1.83. The van der Waals surface area contributed by atoms with Gasteiger partial charge in [0.15, 0.2) is 5.13 Å². The number of pyridine rings is 1. The summed E-state index contributed by atoms with van der Waals surface area (Å²) in [6, 6.07) is 5.59. The zero-order valence-corrected chi connectivity index (χ0v) is 14.4. The van der Waals surface area contributed by atoms with Gasteiger partial charge in [0.2, 0.25) is 0 Å². The minimum Gasteiger partial charge on any atom is -0.466 e. The van der Waals surface area contributed by atoms with Crippen LogP contribution in [0.15, 0.2) is 35.0 Å². The third-order valence-electron chi connectivity index (χ3n) is 4.15. The molecule has 0 spiro atoms. The average Bonchev–Trinajstić information content (AvgIpc) is 3.18. The molecule has 1 aliphatic rings. The van der Waals surface area contributed by atoms with E-state index in [1.807, 2.05) is 19.9 Å². The summed E-state index contributed by atoms with van der Waals surface area (Å²) >= 11 is 1.60. The van der Waals surface area contributed by atoms with Crippen molar-refractivity contribution in [1.82, 2.24) is 9.97 Å². The molecule has 24 heavy (non-hydrogen) atoms. The first-order chi connectivity index (χ1) is 11.7. The fourth-order valence-electron chi connectivity index (χ4n) is 3.02. The fraction of sp³-hybridized carbons (Fsp3) is 0.278. The number of carbonyl (C=O) groups is 1. The molecule has 0 saturated heterocycles. The van der Waals surface area contributed by atoms with E-state index in [1.165, 1.54) is 4.88 Å². The van der Waals surface area contributed by atoms with Crippen molar-refractivity contribution in [2.24, 2.45) is 0 Å². The summed E-state index contributed by atoms with van der Waals surface area (Å²) in [5.41, 5.74) is 2.61. The van der Waals surface area contributed by atoms with Crippen LogP contribution in [0.3, 0.4) is 0 Å². The summed E-state index contributed by atoms with van der Waals surface area (Å²) in [4.78, 5) is 24.5. The van der Waals surface area contributed by atoms with E-state index < -0.39 is 0 Å². The topological polar surface area (TPSA) is 59.2 Å². The number of anilines is 1. The predicted octanol–water partition coefficient (Wildman–Crippen LogP) is 3.87. The Labute approximate surface area is 144 Å².